The second-order valence-electron chi connectivity index (χ2n) is 7.88. The Kier molecular flexibility index (Phi) is 5.04. The molecule has 1 atom stereocenters. The lowest BCUT2D eigenvalue weighted by Gasteiger charge is -2.32. The Morgan fingerprint density at radius 1 is 1.10 bits per heavy atom. The molecule has 0 amide bonds. The summed E-state index contributed by atoms with van der Waals surface area (Å²) in [5.74, 6) is 2.11. The Morgan fingerprint density at radius 3 is 2.69 bits per heavy atom. The lowest BCUT2D eigenvalue weighted by atomic mass is 9.96. The minimum absolute atomic E-state index is 0.261. The van der Waals surface area contributed by atoms with Gasteiger partial charge in [-0.15, -0.1) is 0 Å². The number of pyridine rings is 1. The molecule has 2 N–H and O–H groups in total. The summed E-state index contributed by atoms with van der Waals surface area (Å²) in [5, 5.41) is 1.79. The van der Waals surface area contributed by atoms with Gasteiger partial charge in [0.05, 0.1) is 11.2 Å². The van der Waals surface area contributed by atoms with Crippen LogP contribution in [-0.4, -0.2) is 36.3 Å². The van der Waals surface area contributed by atoms with Crippen LogP contribution in [0.3, 0.4) is 0 Å². The molecule has 2 aliphatic heterocycles. The molecule has 2 aromatic carbocycles. The van der Waals surface area contributed by atoms with Gasteiger partial charge in [0, 0.05) is 35.1 Å². The molecule has 5 rings (SSSR count). The minimum Gasteiger partial charge on any atom is -0.454 e. The highest BCUT2D eigenvalue weighted by molar-refractivity contribution is 6.30. The van der Waals surface area contributed by atoms with Gasteiger partial charge in [-0.2, -0.15) is 0 Å². The number of aromatic nitrogens is 1. The third-order valence-corrected chi connectivity index (χ3v) is 6.09. The summed E-state index contributed by atoms with van der Waals surface area (Å²) in [5.41, 5.74) is 10.1. The highest BCUT2D eigenvalue weighted by Crippen LogP contribution is 2.37. The number of hydrogen-bond acceptors (Lipinski definition) is 5. The highest BCUT2D eigenvalue weighted by atomic mass is 35.5. The number of ether oxygens (including phenoxy) is 2. The van der Waals surface area contributed by atoms with Gasteiger partial charge in [-0.05, 0) is 61.7 Å². The number of benzene rings is 2. The number of nitrogens with two attached hydrogens (primary N) is 1. The molecule has 2 aliphatic rings. The van der Waals surface area contributed by atoms with Crippen molar-refractivity contribution in [1.82, 2.24) is 9.88 Å². The number of likely N-dealkylation sites (tertiary alicyclic amines) is 1. The predicted octanol–water partition coefficient (Wildman–Crippen LogP) is 4.45. The van der Waals surface area contributed by atoms with Gasteiger partial charge in [0.2, 0.25) is 6.79 Å². The Bertz CT molecular complexity index is 1040. The zero-order valence-corrected chi connectivity index (χ0v) is 17.0. The molecule has 0 radical (unpaired) electrons. The van der Waals surface area contributed by atoms with Gasteiger partial charge in [-0.3, -0.25) is 4.90 Å². The lowest BCUT2D eigenvalue weighted by molar-refractivity contribution is 0.171. The smallest absolute Gasteiger partial charge is 0.231 e. The molecule has 150 valence electrons. The van der Waals surface area contributed by atoms with E-state index >= 15 is 0 Å². The molecular weight excluding hydrogens is 386 g/mol. The lowest BCUT2D eigenvalue weighted by Crippen LogP contribution is -2.38. The SMILES string of the molecule is NC[C@@H]1CCCN(Cc2cc3cc4c(cc3nc2-c2ccc(Cl)cc2)OCO4)C1. The molecule has 3 aromatic rings. The second-order valence-corrected chi connectivity index (χ2v) is 8.32. The van der Waals surface area contributed by atoms with Crippen LogP contribution < -0.4 is 15.2 Å². The molecule has 0 saturated carbocycles. The van der Waals surface area contributed by atoms with Gasteiger partial charge in [0.15, 0.2) is 11.5 Å². The van der Waals surface area contributed by atoms with Crippen LogP contribution in [0.2, 0.25) is 5.02 Å². The summed E-state index contributed by atoms with van der Waals surface area (Å²) in [6.07, 6.45) is 2.41. The first-order valence-corrected chi connectivity index (χ1v) is 10.5. The van der Waals surface area contributed by atoms with E-state index in [2.05, 4.69) is 11.0 Å². The summed E-state index contributed by atoms with van der Waals surface area (Å²) < 4.78 is 11.1. The number of rotatable bonds is 4. The van der Waals surface area contributed by atoms with Crippen molar-refractivity contribution in [2.24, 2.45) is 11.7 Å². The standard InChI is InChI=1S/C23H24ClN3O2/c24-19-5-3-16(4-6-19)23-18(13-27-7-1-2-15(11-25)12-27)8-17-9-21-22(29-14-28-21)10-20(17)26-23/h3-6,8-10,15H,1-2,7,11-14,25H2/t15-/m0/s1. The van der Waals surface area contributed by atoms with Gasteiger partial charge in [-0.1, -0.05) is 23.7 Å². The van der Waals surface area contributed by atoms with E-state index in [0.717, 1.165) is 64.9 Å². The molecule has 5 nitrogen and oxygen atoms in total. The quantitative estimate of drug-likeness (QED) is 0.689. The second kappa shape index (κ2) is 7.82. The molecule has 0 bridgehead atoms. The Labute approximate surface area is 175 Å². The van der Waals surface area contributed by atoms with Crippen molar-refractivity contribution in [3.05, 3.63) is 53.1 Å². The highest BCUT2D eigenvalue weighted by Gasteiger charge is 2.22. The van der Waals surface area contributed by atoms with Gasteiger partial charge in [-0.25, -0.2) is 4.98 Å². The molecule has 0 aliphatic carbocycles. The number of fused-ring (bicyclic) bond motifs is 2. The van der Waals surface area contributed by atoms with Crippen LogP contribution in [-0.2, 0) is 6.54 Å². The Hall–Kier alpha value is -2.34. The van der Waals surface area contributed by atoms with Crippen LogP contribution in [0.5, 0.6) is 11.5 Å². The number of hydrogen-bond donors (Lipinski definition) is 1. The Balaban J connectivity index is 1.58. The first-order chi connectivity index (χ1) is 14.2. The van der Waals surface area contributed by atoms with Crippen molar-refractivity contribution in [1.29, 1.82) is 0 Å². The van der Waals surface area contributed by atoms with Gasteiger partial charge in [0.1, 0.15) is 0 Å². The van der Waals surface area contributed by atoms with Crippen LogP contribution in [0, 0.1) is 5.92 Å². The van der Waals surface area contributed by atoms with E-state index in [9.17, 15) is 0 Å². The minimum atomic E-state index is 0.261. The predicted molar refractivity (Wildman–Crippen MR) is 115 cm³/mol. The van der Waals surface area contributed by atoms with E-state index in [4.69, 9.17) is 31.8 Å². The summed E-state index contributed by atoms with van der Waals surface area (Å²) in [4.78, 5) is 7.52. The van der Waals surface area contributed by atoms with Crippen molar-refractivity contribution in [2.45, 2.75) is 19.4 Å². The fourth-order valence-corrected chi connectivity index (χ4v) is 4.44. The normalized spacial score (nSPS) is 19.0. The molecule has 6 heteroatoms. The zero-order chi connectivity index (χ0) is 19.8. The summed E-state index contributed by atoms with van der Waals surface area (Å²) in [6.45, 7) is 3.99. The monoisotopic (exact) mass is 409 g/mol. The van der Waals surface area contributed by atoms with Gasteiger partial charge < -0.3 is 15.2 Å². The molecule has 1 fully saturated rings. The number of halogens is 1. The maximum Gasteiger partial charge on any atom is 0.231 e. The summed E-state index contributed by atoms with van der Waals surface area (Å²) in [7, 11) is 0. The van der Waals surface area contributed by atoms with E-state index in [-0.39, 0.29) is 6.79 Å². The molecule has 0 unspecified atom stereocenters. The van der Waals surface area contributed by atoms with Crippen molar-refractivity contribution in [3.63, 3.8) is 0 Å². The summed E-state index contributed by atoms with van der Waals surface area (Å²) in [6, 6.07) is 14.1. The Morgan fingerprint density at radius 2 is 1.90 bits per heavy atom. The summed E-state index contributed by atoms with van der Waals surface area (Å²) >= 11 is 6.11. The van der Waals surface area contributed by atoms with Crippen molar-refractivity contribution >= 4 is 22.5 Å². The van der Waals surface area contributed by atoms with Crippen molar-refractivity contribution in [3.8, 4) is 22.8 Å². The van der Waals surface area contributed by atoms with E-state index in [0.29, 0.717) is 5.92 Å². The fourth-order valence-electron chi connectivity index (χ4n) is 4.31. The fraction of sp³-hybridized carbons (Fsp3) is 0.348. The van der Waals surface area contributed by atoms with E-state index in [1.807, 2.05) is 36.4 Å². The molecule has 1 aromatic heterocycles. The number of piperidine rings is 1. The first-order valence-electron chi connectivity index (χ1n) is 10.1. The van der Waals surface area contributed by atoms with Crippen LogP contribution in [0.15, 0.2) is 42.5 Å². The molecule has 1 saturated heterocycles. The molecular formula is C23H24ClN3O2. The average molecular weight is 410 g/mol. The third kappa shape index (κ3) is 3.78. The van der Waals surface area contributed by atoms with E-state index < -0.39 is 0 Å². The molecule has 3 heterocycles. The maximum absolute atomic E-state index is 6.11. The topological polar surface area (TPSA) is 60.6 Å². The maximum atomic E-state index is 6.11. The van der Waals surface area contributed by atoms with E-state index in [1.54, 1.807) is 0 Å². The number of nitrogens with zero attached hydrogens (tertiary/aromatic N) is 2. The van der Waals surface area contributed by atoms with Crippen LogP contribution in [0.1, 0.15) is 18.4 Å². The van der Waals surface area contributed by atoms with E-state index in [1.165, 1.54) is 18.4 Å². The van der Waals surface area contributed by atoms with Crippen molar-refractivity contribution in [2.75, 3.05) is 26.4 Å². The first kappa shape index (κ1) is 18.7. The van der Waals surface area contributed by atoms with Gasteiger partial charge in [0.25, 0.3) is 0 Å². The third-order valence-electron chi connectivity index (χ3n) is 5.84. The van der Waals surface area contributed by atoms with Crippen LogP contribution in [0.4, 0.5) is 0 Å². The zero-order valence-electron chi connectivity index (χ0n) is 16.2. The van der Waals surface area contributed by atoms with Gasteiger partial charge >= 0.3 is 0 Å². The van der Waals surface area contributed by atoms with Crippen molar-refractivity contribution < 1.29 is 9.47 Å². The molecule has 29 heavy (non-hydrogen) atoms. The molecule has 0 spiro atoms. The van der Waals surface area contributed by atoms with Crippen LogP contribution >= 0.6 is 11.6 Å². The average Bonchev–Trinajstić information content (AvgIpc) is 3.20. The largest absolute Gasteiger partial charge is 0.454 e. The van der Waals surface area contributed by atoms with Crippen LogP contribution in [0.25, 0.3) is 22.2 Å².